The predicted molar refractivity (Wildman–Crippen MR) is 48.9 cm³/mol. The Hall–Kier alpha value is -0.400. The van der Waals surface area contributed by atoms with Crippen LogP contribution in [0.4, 0.5) is 0 Å². The molecule has 2 atom stereocenters. The number of azo groups is 1. The standard InChI is InChI=1S/C9H20N2/c1-6-8(4)9(7(2)3)11-10-5/h7-9H,6H2,1-5H3. The van der Waals surface area contributed by atoms with Crippen molar-refractivity contribution in [1.82, 2.24) is 0 Å². The molecule has 0 spiro atoms. The second kappa shape index (κ2) is 5.28. The van der Waals surface area contributed by atoms with Crippen molar-refractivity contribution in [3.63, 3.8) is 0 Å². The van der Waals surface area contributed by atoms with Gasteiger partial charge < -0.3 is 0 Å². The third kappa shape index (κ3) is 3.49. The van der Waals surface area contributed by atoms with Crippen LogP contribution in [0.3, 0.4) is 0 Å². The van der Waals surface area contributed by atoms with Crippen LogP contribution in [0.5, 0.6) is 0 Å². The number of hydrogen-bond acceptors (Lipinski definition) is 2. The van der Waals surface area contributed by atoms with Crippen molar-refractivity contribution in [2.24, 2.45) is 22.1 Å². The van der Waals surface area contributed by atoms with Crippen molar-refractivity contribution in [2.75, 3.05) is 7.05 Å². The summed E-state index contributed by atoms with van der Waals surface area (Å²) in [5, 5.41) is 8.07. The molecule has 0 radical (unpaired) electrons. The van der Waals surface area contributed by atoms with Gasteiger partial charge in [0.05, 0.1) is 6.04 Å². The second-order valence-corrected chi connectivity index (χ2v) is 3.44. The Kier molecular flexibility index (Phi) is 5.08. The topological polar surface area (TPSA) is 24.7 Å². The number of nitrogens with zero attached hydrogens (tertiary/aromatic N) is 2. The van der Waals surface area contributed by atoms with Crippen molar-refractivity contribution in [1.29, 1.82) is 0 Å². The first-order valence-corrected chi connectivity index (χ1v) is 4.42. The lowest BCUT2D eigenvalue weighted by atomic mass is 9.91. The van der Waals surface area contributed by atoms with Crippen LogP contribution in [0.1, 0.15) is 34.1 Å². The van der Waals surface area contributed by atoms with E-state index in [0.29, 0.717) is 17.9 Å². The molecule has 0 aromatic rings. The Morgan fingerprint density at radius 3 is 2.00 bits per heavy atom. The zero-order chi connectivity index (χ0) is 8.85. The quantitative estimate of drug-likeness (QED) is 0.559. The van der Waals surface area contributed by atoms with Gasteiger partial charge in [-0.05, 0) is 11.8 Å². The molecular weight excluding hydrogens is 136 g/mol. The molecule has 0 aliphatic heterocycles. The van der Waals surface area contributed by atoms with E-state index in [1.54, 1.807) is 7.05 Å². The summed E-state index contributed by atoms with van der Waals surface area (Å²) >= 11 is 0. The van der Waals surface area contributed by atoms with Gasteiger partial charge in [-0.15, -0.1) is 0 Å². The van der Waals surface area contributed by atoms with Crippen LogP contribution in [0.25, 0.3) is 0 Å². The molecule has 0 rings (SSSR count). The molecule has 2 heteroatoms. The zero-order valence-corrected chi connectivity index (χ0v) is 8.33. The first-order chi connectivity index (χ1) is 5.13. The van der Waals surface area contributed by atoms with Gasteiger partial charge in [-0.3, -0.25) is 0 Å². The van der Waals surface area contributed by atoms with E-state index in [2.05, 4.69) is 37.9 Å². The molecule has 0 heterocycles. The highest BCUT2D eigenvalue weighted by Gasteiger charge is 2.18. The molecule has 0 amide bonds. The highest BCUT2D eigenvalue weighted by molar-refractivity contribution is 4.73. The minimum absolute atomic E-state index is 0.407. The van der Waals surface area contributed by atoms with Gasteiger partial charge in [-0.25, -0.2) is 0 Å². The lowest BCUT2D eigenvalue weighted by Gasteiger charge is -2.20. The Morgan fingerprint density at radius 1 is 1.18 bits per heavy atom. The summed E-state index contributed by atoms with van der Waals surface area (Å²) in [7, 11) is 1.75. The van der Waals surface area contributed by atoms with E-state index < -0.39 is 0 Å². The molecule has 0 aromatic carbocycles. The van der Waals surface area contributed by atoms with Crippen LogP contribution in [0, 0.1) is 11.8 Å². The highest BCUT2D eigenvalue weighted by Crippen LogP contribution is 2.19. The van der Waals surface area contributed by atoms with Crippen LogP contribution in [-0.2, 0) is 0 Å². The van der Waals surface area contributed by atoms with Crippen molar-refractivity contribution < 1.29 is 0 Å². The predicted octanol–water partition coefficient (Wildman–Crippen LogP) is 3.14. The first-order valence-electron chi connectivity index (χ1n) is 4.42. The van der Waals surface area contributed by atoms with Gasteiger partial charge in [0, 0.05) is 7.05 Å². The molecular formula is C9H20N2. The molecule has 0 saturated carbocycles. The Labute approximate surface area is 70.1 Å². The van der Waals surface area contributed by atoms with Gasteiger partial charge >= 0.3 is 0 Å². The maximum atomic E-state index is 4.22. The molecule has 0 aromatic heterocycles. The summed E-state index contributed by atoms with van der Waals surface area (Å²) in [6.45, 7) is 8.83. The molecule has 0 N–H and O–H groups in total. The fourth-order valence-corrected chi connectivity index (χ4v) is 1.28. The monoisotopic (exact) mass is 156 g/mol. The zero-order valence-electron chi connectivity index (χ0n) is 8.33. The van der Waals surface area contributed by atoms with E-state index in [4.69, 9.17) is 0 Å². The summed E-state index contributed by atoms with van der Waals surface area (Å²) in [6.07, 6.45) is 1.18. The van der Waals surface area contributed by atoms with Crippen LogP contribution in [0.15, 0.2) is 10.2 Å². The molecule has 2 unspecified atom stereocenters. The number of rotatable bonds is 4. The fourth-order valence-electron chi connectivity index (χ4n) is 1.28. The van der Waals surface area contributed by atoms with Gasteiger partial charge in [0.1, 0.15) is 0 Å². The van der Waals surface area contributed by atoms with Crippen molar-refractivity contribution in [2.45, 2.75) is 40.2 Å². The second-order valence-electron chi connectivity index (χ2n) is 3.44. The highest BCUT2D eigenvalue weighted by atomic mass is 15.1. The maximum Gasteiger partial charge on any atom is 0.0756 e. The molecule has 0 fully saturated rings. The van der Waals surface area contributed by atoms with Crippen molar-refractivity contribution >= 4 is 0 Å². The van der Waals surface area contributed by atoms with E-state index in [1.165, 1.54) is 6.42 Å². The molecule has 0 saturated heterocycles. The molecule has 66 valence electrons. The molecule has 0 aliphatic rings. The lowest BCUT2D eigenvalue weighted by molar-refractivity contribution is 0.346. The summed E-state index contributed by atoms with van der Waals surface area (Å²) < 4.78 is 0. The Balaban J connectivity index is 4.09. The number of hydrogen-bond donors (Lipinski definition) is 0. The van der Waals surface area contributed by atoms with Gasteiger partial charge in [0.15, 0.2) is 0 Å². The molecule has 0 aliphatic carbocycles. The Morgan fingerprint density at radius 2 is 1.73 bits per heavy atom. The normalized spacial score (nSPS) is 17.6. The molecule has 2 nitrogen and oxygen atoms in total. The molecule has 11 heavy (non-hydrogen) atoms. The molecule has 0 bridgehead atoms. The lowest BCUT2D eigenvalue weighted by Crippen LogP contribution is -2.21. The van der Waals surface area contributed by atoms with E-state index >= 15 is 0 Å². The Bertz CT molecular complexity index is 119. The van der Waals surface area contributed by atoms with E-state index in [0.717, 1.165) is 0 Å². The van der Waals surface area contributed by atoms with Crippen molar-refractivity contribution in [3.8, 4) is 0 Å². The van der Waals surface area contributed by atoms with Gasteiger partial charge in [-0.2, -0.15) is 10.2 Å². The van der Waals surface area contributed by atoms with E-state index in [-0.39, 0.29) is 0 Å². The summed E-state index contributed by atoms with van der Waals surface area (Å²) in [5.74, 6) is 1.26. The van der Waals surface area contributed by atoms with Crippen LogP contribution in [0.2, 0.25) is 0 Å². The van der Waals surface area contributed by atoms with E-state index in [1.807, 2.05) is 0 Å². The van der Waals surface area contributed by atoms with Crippen molar-refractivity contribution in [3.05, 3.63) is 0 Å². The fraction of sp³-hybridized carbons (Fsp3) is 1.00. The third-order valence-electron chi connectivity index (χ3n) is 2.16. The van der Waals surface area contributed by atoms with Gasteiger partial charge in [-0.1, -0.05) is 34.1 Å². The average Bonchev–Trinajstić information content (AvgIpc) is 1.98. The third-order valence-corrected chi connectivity index (χ3v) is 2.16. The maximum absolute atomic E-state index is 4.22. The van der Waals surface area contributed by atoms with Crippen LogP contribution in [-0.4, -0.2) is 13.1 Å². The summed E-state index contributed by atoms with van der Waals surface area (Å²) in [6, 6.07) is 0.407. The summed E-state index contributed by atoms with van der Waals surface area (Å²) in [4.78, 5) is 0. The van der Waals surface area contributed by atoms with Gasteiger partial charge in [0.25, 0.3) is 0 Å². The smallest absolute Gasteiger partial charge is 0.0756 e. The SMILES string of the molecule is CCC(C)C(N=NC)C(C)C. The minimum Gasteiger partial charge on any atom is -0.197 e. The first kappa shape index (κ1) is 10.6. The van der Waals surface area contributed by atoms with Gasteiger partial charge in [0.2, 0.25) is 0 Å². The van der Waals surface area contributed by atoms with Crippen LogP contribution < -0.4 is 0 Å². The van der Waals surface area contributed by atoms with Crippen LogP contribution >= 0.6 is 0 Å². The minimum atomic E-state index is 0.407. The van der Waals surface area contributed by atoms with E-state index in [9.17, 15) is 0 Å². The summed E-state index contributed by atoms with van der Waals surface area (Å²) in [5.41, 5.74) is 0. The largest absolute Gasteiger partial charge is 0.197 e. The average molecular weight is 156 g/mol.